The number of benzene rings is 3. The maximum absolute atomic E-state index is 13.6. The van der Waals surface area contributed by atoms with Gasteiger partial charge < -0.3 is 19.6 Å². The van der Waals surface area contributed by atoms with E-state index in [1.165, 1.54) is 22.9 Å². The number of carbonyl (C=O) groups excluding carboxylic acids is 1. The molecule has 7 nitrogen and oxygen atoms in total. The molecule has 42 heavy (non-hydrogen) atoms. The van der Waals surface area contributed by atoms with E-state index in [4.69, 9.17) is 0 Å². The van der Waals surface area contributed by atoms with Crippen LogP contribution in [0, 0.1) is 11.6 Å². The van der Waals surface area contributed by atoms with Crippen LogP contribution >= 0.6 is 0 Å². The van der Waals surface area contributed by atoms with Gasteiger partial charge in [-0.1, -0.05) is 24.3 Å². The number of halogens is 2. The summed E-state index contributed by atoms with van der Waals surface area (Å²) in [4.78, 5) is 30.6. The third-order valence-electron chi connectivity index (χ3n) is 6.94. The quantitative estimate of drug-likeness (QED) is 0.257. The molecule has 0 saturated carbocycles. The number of para-hydroxylation sites is 1. The van der Waals surface area contributed by atoms with E-state index in [1.54, 1.807) is 24.4 Å². The number of phenolic OH excluding ortho intramolecular Hbond substituents is 1. The van der Waals surface area contributed by atoms with Crippen LogP contribution in [0.5, 0.6) is 5.75 Å². The van der Waals surface area contributed by atoms with Crippen LogP contribution in [0.1, 0.15) is 21.5 Å². The van der Waals surface area contributed by atoms with Crippen molar-refractivity contribution in [2.75, 3.05) is 0 Å². The molecule has 0 aliphatic rings. The lowest BCUT2D eigenvalue weighted by Crippen LogP contribution is -2.32. The molecule has 0 fully saturated rings. The van der Waals surface area contributed by atoms with Gasteiger partial charge in [0.2, 0.25) is 0 Å². The Morgan fingerprint density at radius 1 is 0.881 bits per heavy atom. The van der Waals surface area contributed by atoms with Crippen LogP contribution < -0.4 is 10.9 Å². The third-order valence-corrected chi connectivity index (χ3v) is 6.94. The zero-order valence-electron chi connectivity index (χ0n) is 22.2. The van der Waals surface area contributed by atoms with Crippen LogP contribution in [-0.2, 0) is 13.1 Å². The van der Waals surface area contributed by atoms with Gasteiger partial charge in [0, 0.05) is 41.8 Å². The third kappa shape index (κ3) is 5.27. The van der Waals surface area contributed by atoms with Crippen LogP contribution in [0.25, 0.3) is 27.8 Å². The van der Waals surface area contributed by atoms with E-state index in [0.717, 1.165) is 40.0 Å². The molecule has 0 aliphatic heterocycles. The van der Waals surface area contributed by atoms with Crippen molar-refractivity contribution >= 4 is 16.9 Å². The van der Waals surface area contributed by atoms with Gasteiger partial charge in [0.05, 0.1) is 6.54 Å². The number of carbonyl (C=O) groups is 1. The van der Waals surface area contributed by atoms with Crippen molar-refractivity contribution in [2.24, 2.45) is 0 Å². The molecule has 9 heteroatoms. The summed E-state index contributed by atoms with van der Waals surface area (Å²) in [5.41, 5.74) is 3.63. The van der Waals surface area contributed by atoms with E-state index >= 15 is 0 Å². The molecule has 2 N–H and O–H groups in total. The maximum Gasteiger partial charge on any atom is 0.263 e. The normalized spacial score (nSPS) is 11.1. The minimum Gasteiger partial charge on any atom is -0.508 e. The van der Waals surface area contributed by atoms with Gasteiger partial charge in [-0.15, -0.1) is 0 Å². The molecule has 0 atom stereocenters. The zero-order valence-corrected chi connectivity index (χ0v) is 22.2. The van der Waals surface area contributed by atoms with Crippen LogP contribution in [0.2, 0.25) is 0 Å². The van der Waals surface area contributed by atoms with E-state index in [2.05, 4.69) is 10.3 Å². The standard InChI is InChI=1S/C33H24F2N4O3/c34-29-11-10-21(16-30(29)35)19-38-13-5-9-27(33(38)42)32(41)37-18-22-14-23(17-25(40)15-22)28-20-39(24-6-2-1-3-7-24)31-26(28)8-4-12-36-31/h1-17,20,40H,18-19H2,(H,37,41). The molecule has 208 valence electrons. The number of hydrogen-bond acceptors (Lipinski definition) is 4. The molecule has 0 unspecified atom stereocenters. The number of amides is 1. The molecule has 3 aromatic carbocycles. The number of hydrogen-bond donors (Lipinski definition) is 2. The Labute approximate surface area is 239 Å². The smallest absolute Gasteiger partial charge is 0.263 e. The first-order valence-corrected chi connectivity index (χ1v) is 13.1. The van der Waals surface area contributed by atoms with Crippen molar-refractivity contribution in [1.82, 2.24) is 19.4 Å². The fraction of sp³-hybridized carbons (Fsp3) is 0.0606. The SMILES string of the molecule is O=C(NCc1cc(O)cc(-c2cn(-c3ccccc3)c3ncccc23)c1)c1cccn(Cc2ccc(F)c(F)c2)c1=O. The van der Waals surface area contributed by atoms with Gasteiger partial charge in [0.1, 0.15) is 17.0 Å². The monoisotopic (exact) mass is 562 g/mol. The average molecular weight is 563 g/mol. The van der Waals surface area contributed by atoms with Crippen LogP contribution in [-0.4, -0.2) is 25.1 Å². The highest BCUT2D eigenvalue weighted by atomic mass is 19.2. The second kappa shape index (κ2) is 11.1. The van der Waals surface area contributed by atoms with E-state index < -0.39 is 23.1 Å². The predicted molar refractivity (Wildman–Crippen MR) is 156 cm³/mol. The lowest BCUT2D eigenvalue weighted by atomic mass is 10.0. The first kappa shape index (κ1) is 26.6. The van der Waals surface area contributed by atoms with Crippen molar-refractivity contribution in [1.29, 1.82) is 0 Å². The summed E-state index contributed by atoms with van der Waals surface area (Å²) in [6.07, 6.45) is 5.16. The lowest BCUT2D eigenvalue weighted by Gasteiger charge is -2.10. The summed E-state index contributed by atoms with van der Waals surface area (Å²) in [5.74, 6) is -2.57. The molecule has 0 spiro atoms. The first-order valence-electron chi connectivity index (χ1n) is 13.1. The molecule has 0 saturated heterocycles. The van der Waals surface area contributed by atoms with Gasteiger partial charge in [-0.2, -0.15) is 0 Å². The Kier molecular flexibility index (Phi) is 7.06. The number of nitrogens with zero attached hydrogens (tertiary/aromatic N) is 3. The van der Waals surface area contributed by atoms with E-state index in [1.807, 2.05) is 59.3 Å². The van der Waals surface area contributed by atoms with Gasteiger partial charge in [0.15, 0.2) is 11.6 Å². The summed E-state index contributed by atoms with van der Waals surface area (Å²) in [6, 6.07) is 25.0. The molecule has 3 aromatic heterocycles. The molecule has 1 amide bonds. The van der Waals surface area contributed by atoms with Gasteiger partial charge >= 0.3 is 0 Å². The van der Waals surface area contributed by atoms with Crippen LogP contribution in [0.4, 0.5) is 8.78 Å². The Balaban J connectivity index is 1.25. The van der Waals surface area contributed by atoms with Crippen molar-refractivity contribution < 1.29 is 18.7 Å². The summed E-state index contributed by atoms with van der Waals surface area (Å²) in [6.45, 7) is 0.0197. The Hall–Kier alpha value is -5.57. The minimum absolute atomic E-state index is 0.0230. The maximum atomic E-state index is 13.6. The van der Waals surface area contributed by atoms with Crippen LogP contribution in [0.15, 0.2) is 114 Å². The Bertz CT molecular complexity index is 2000. The van der Waals surface area contributed by atoms with Crippen molar-refractivity contribution in [2.45, 2.75) is 13.1 Å². The number of aromatic hydroxyl groups is 1. The highest BCUT2D eigenvalue weighted by Gasteiger charge is 2.16. The summed E-state index contributed by atoms with van der Waals surface area (Å²) < 4.78 is 30.1. The largest absolute Gasteiger partial charge is 0.508 e. The van der Waals surface area contributed by atoms with Crippen molar-refractivity contribution in [3.8, 4) is 22.6 Å². The fourth-order valence-corrected chi connectivity index (χ4v) is 4.95. The highest BCUT2D eigenvalue weighted by Crippen LogP contribution is 2.34. The fourth-order valence-electron chi connectivity index (χ4n) is 4.95. The second-order valence-electron chi connectivity index (χ2n) is 9.80. The summed E-state index contributed by atoms with van der Waals surface area (Å²) in [5, 5.41) is 14.2. The van der Waals surface area contributed by atoms with Crippen LogP contribution in [0.3, 0.4) is 0 Å². The number of nitrogens with one attached hydrogen (secondary N) is 1. The Morgan fingerprint density at radius 2 is 1.71 bits per heavy atom. The van der Waals surface area contributed by atoms with Crippen molar-refractivity contribution in [3.05, 3.63) is 148 Å². The molecular weight excluding hydrogens is 538 g/mol. The first-order chi connectivity index (χ1) is 20.4. The number of phenols is 1. The van der Waals surface area contributed by atoms with E-state index in [0.29, 0.717) is 11.1 Å². The van der Waals surface area contributed by atoms with Gasteiger partial charge in [-0.25, -0.2) is 13.8 Å². The Morgan fingerprint density at radius 3 is 2.52 bits per heavy atom. The molecule has 6 rings (SSSR count). The summed E-state index contributed by atoms with van der Waals surface area (Å²) >= 11 is 0. The average Bonchev–Trinajstić information content (AvgIpc) is 3.39. The van der Waals surface area contributed by atoms with E-state index in [-0.39, 0.29) is 24.4 Å². The van der Waals surface area contributed by atoms with E-state index in [9.17, 15) is 23.5 Å². The second-order valence-corrected chi connectivity index (χ2v) is 9.80. The number of rotatable bonds is 7. The minimum atomic E-state index is -1.01. The number of aromatic nitrogens is 3. The zero-order chi connectivity index (χ0) is 29.2. The highest BCUT2D eigenvalue weighted by molar-refractivity contribution is 5.96. The topological polar surface area (TPSA) is 89.2 Å². The molecule has 6 aromatic rings. The van der Waals surface area contributed by atoms with Gasteiger partial charge in [0.25, 0.3) is 11.5 Å². The lowest BCUT2D eigenvalue weighted by molar-refractivity contribution is 0.0948. The van der Waals surface area contributed by atoms with Gasteiger partial charge in [-0.05, 0) is 83.4 Å². The predicted octanol–water partition coefficient (Wildman–Crippen LogP) is 5.82. The summed E-state index contributed by atoms with van der Waals surface area (Å²) in [7, 11) is 0. The molecular formula is C33H24F2N4O3. The van der Waals surface area contributed by atoms with Gasteiger partial charge in [-0.3, -0.25) is 9.59 Å². The number of fused-ring (bicyclic) bond motifs is 1. The molecule has 3 heterocycles. The molecule has 0 radical (unpaired) electrons. The molecule has 0 aliphatic carbocycles. The van der Waals surface area contributed by atoms with Crippen molar-refractivity contribution in [3.63, 3.8) is 0 Å². The molecule has 0 bridgehead atoms. The number of pyridine rings is 2.